The van der Waals surface area contributed by atoms with E-state index in [2.05, 4.69) is 14.9 Å². The van der Waals surface area contributed by atoms with Crippen molar-refractivity contribution in [1.82, 2.24) is 14.9 Å². The second-order valence-corrected chi connectivity index (χ2v) is 6.55. The number of hydrogen-bond donors (Lipinski definition) is 3. The van der Waals surface area contributed by atoms with Gasteiger partial charge in [0.05, 0.1) is 11.9 Å². The second kappa shape index (κ2) is 5.38. The van der Waals surface area contributed by atoms with Gasteiger partial charge in [-0.25, -0.2) is 13.1 Å². The molecule has 0 radical (unpaired) electrons. The van der Waals surface area contributed by atoms with Gasteiger partial charge in [-0.1, -0.05) is 12.8 Å². The number of hydrogen-bond acceptors (Lipinski definition) is 4. The molecule has 1 aliphatic carbocycles. The quantitative estimate of drug-likeness (QED) is 0.743. The Morgan fingerprint density at radius 1 is 1.50 bits per heavy atom. The first kappa shape index (κ1) is 13.5. The lowest BCUT2D eigenvalue weighted by Gasteiger charge is -2.30. The second-order valence-electron chi connectivity index (χ2n) is 4.87. The lowest BCUT2D eigenvalue weighted by atomic mass is 9.85. The Balaban J connectivity index is 2.15. The summed E-state index contributed by atoms with van der Waals surface area (Å²) >= 11 is 0. The molecule has 0 aliphatic heterocycles. The number of H-pyrrole nitrogens is 1. The molecule has 0 amide bonds. The van der Waals surface area contributed by atoms with Crippen molar-refractivity contribution in [2.45, 2.75) is 43.5 Å². The summed E-state index contributed by atoms with van der Waals surface area (Å²) in [5.41, 5.74) is 6.27. The van der Waals surface area contributed by atoms with Crippen molar-refractivity contribution in [2.24, 2.45) is 11.7 Å². The van der Waals surface area contributed by atoms with Gasteiger partial charge in [0, 0.05) is 6.04 Å². The van der Waals surface area contributed by atoms with Crippen molar-refractivity contribution in [3.8, 4) is 0 Å². The van der Waals surface area contributed by atoms with E-state index in [1.807, 2.05) is 0 Å². The zero-order chi connectivity index (χ0) is 13.2. The predicted molar refractivity (Wildman–Crippen MR) is 68.4 cm³/mol. The smallest absolute Gasteiger partial charge is 0.244 e. The fraction of sp³-hybridized carbons (Fsp3) is 0.727. The van der Waals surface area contributed by atoms with Crippen molar-refractivity contribution in [3.05, 3.63) is 11.9 Å². The molecule has 18 heavy (non-hydrogen) atoms. The van der Waals surface area contributed by atoms with Gasteiger partial charge in [-0.3, -0.25) is 5.10 Å². The van der Waals surface area contributed by atoms with E-state index in [-0.39, 0.29) is 16.9 Å². The van der Waals surface area contributed by atoms with Crippen LogP contribution in [0.3, 0.4) is 0 Å². The highest BCUT2D eigenvalue weighted by Crippen LogP contribution is 2.25. The third kappa shape index (κ3) is 2.73. The summed E-state index contributed by atoms with van der Waals surface area (Å²) < 4.78 is 27.2. The Kier molecular flexibility index (Phi) is 4.04. The number of nitrogens with one attached hydrogen (secondary N) is 2. The largest absolute Gasteiger partial charge is 0.330 e. The average molecular weight is 272 g/mol. The number of rotatable bonds is 4. The molecule has 1 aromatic rings. The maximum Gasteiger partial charge on any atom is 0.244 e. The third-order valence-electron chi connectivity index (χ3n) is 3.59. The van der Waals surface area contributed by atoms with Crippen molar-refractivity contribution in [3.63, 3.8) is 0 Å². The summed E-state index contributed by atoms with van der Waals surface area (Å²) in [6.07, 6.45) is 5.38. The molecule has 2 rings (SSSR count). The number of aromatic amines is 1. The molecule has 0 spiro atoms. The highest BCUT2D eigenvalue weighted by molar-refractivity contribution is 7.89. The van der Waals surface area contributed by atoms with Crippen molar-refractivity contribution < 1.29 is 8.42 Å². The van der Waals surface area contributed by atoms with Crippen LogP contribution in [-0.4, -0.2) is 31.2 Å². The van der Waals surface area contributed by atoms with Crippen LogP contribution in [0.25, 0.3) is 0 Å². The van der Waals surface area contributed by atoms with E-state index in [0.717, 1.165) is 25.7 Å². The molecule has 0 saturated heterocycles. The molecule has 2 atom stereocenters. The maximum absolute atomic E-state index is 12.2. The van der Waals surface area contributed by atoms with E-state index in [4.69, 9.17) is 5.73 Å². The number of aromatic nitrogens is 2. The van der Waals surface area contributed by atoms with E-state index in [1.54, 1.807) is 6.92 Å². The summed E-state index contributed by atoms with van der Waals surface area (Å²) in [5, 5.41) is 6.39. The monoisotopic (exact) mass is 272 g/mol. The first-order valence-electron chi connectivity index (χ1n) is 6.27. The van der Waals surface area contributed by atoms with E-state index in [9.17, 15) is 8.42 Å². The lowest BCUT2D eigenvalue weighted by Crippen LogP contribution is -2.44. The van der Waals surface area contributed by atoms with Gasteiger partial charge in [0.25, 0.3) is 0 Å². The fourth-order valence-electron chi connectivity index (χ4n) is 2.52. The maximum atomic E-state index is 12.2. The third-order valence-corrected chi connectivity index (χ3v) is 5.20. The fourth-order valence-corrected chi connectivity index (χ4v) is 3.99. The minimum absolute atomic E-state index is 0.0527. The van der Waals surface area contributed by atoms with Gasteiger partial charge >= 0.3 is 0 Å². The van der Waals surface area contributed by atoms with E-state index < -0.39 is 10.0 Å². The molecule has 1 heterocycles. The van der Waals surface area contributed by atoms with Crippen LogP contribution in [0.2, 0.25) is 0 Å². The van der Waals surface area contributed by atoms with Crippen LogP contribution in [0.1, 0.15) is 31.4 Å². The van der Waals surface area contributed by atoms with Crippen LogP contribution >= 0.6 is 0 Å². The minimum Gasteiger partial charge on any atom is -0.330 e. The summed E-state index contributed by atoms with van der Waals surface area (Å²) in [5.74, 6) is 0.237. The van der Waals surface area contributed by atoms with Gasteiger partial charge < -0.3 is 5.73 Å². The normalized spacial score (nSPS) is 25.2. The molecule has 0 bridgehead atoms. The Morgan fingerprint density at radius 3 is 2.83 bits per heavy atom. The number of nitrogens with two attached hydrogens (primary N) is 1. The first-order chi connectivity index (χ1) is 8.54. The summed E-state index contributed by atoms with van der Waals surface area (Å²) in [4.78, 5) is 0.226. The molecule has 4 N–H and O–H groups in total. The van der Waals surface area contributed by atoms with Crippen LogP contribution in [0, 0.1) is 12.8 Å². The van der Waals surface area contributed by atoms with E-state index >= 15 is 0 Å². The topological polar surface area (TPSA) is 101 Å². The van der Waals surface area contributed by atoms with Gasteiger partial charge in [0.1, 0.15) is 4.90 Å². The highest BCUT2D eigenvalue weighted by atomic mass is 32.2. The van der Waals surface area contributed by atoms with Gasteiger partial charge in [0.15, 0.2) is 0 Å². The highest BCUT2D eigenvalue weighted by Gasteiger charge is 2.29. The molecule has 6 nitrogen and oxygen atoms in total. The van der Waals surface area contributed by atoms with Crippen LogP contribution in [0.4, 0.5) is 0 Å². The van der Waals surface area contributed by atoms with E-state index in [0.29, 0.717) is 12.2 Å². The first-order valence-corrected chi connectivity index (χ1v) is 7.75. The molecule has 1 aliphatic rings. The van der Waals surface area contributed by atoms with Crippen LogP contribution in [-0.2, 0) is 10.0 Å². The molecule has 102 valence electrons. The zero-order valence-corrected chi connectivity index (χ0v) is 11.3. The molecule has 1 saturated carbocycles. The summed E-state index contributed by atoms with van der Waals surface area (Å²) in [6.45, 7) is 2.22. The summed E-state index contributed by atoms with van der Waals surface area (Å²) in [7, 11) is -3.49. The molecule has 0 aromatic carbocycles. The Bertz CT molecular complexity index is 497. The summed E-state index contributed by atoms with van der Waals surface area (Å²) in [6, 6.07) is -0.0527. The van der Waals surface area contributed by atoms with Gasteiger partial charge in [0.2, 0.25) is 10.0 Å². The van der Waals surface area contributed by atoms with Gasteiger partial charge in [-0.15, -0.1) is 0 Å². The van der Waals surface area contributed by atoms with Crippen LogP contribution in [0.5, 0.6) is 0 Å². The van der Waals surface area contributed by atoms with Crippen LogP contribution < -0.4 is 10.5 Å². The van der Waals surface area contributed by atoms with Crippen LogP contribution in [0.15, 0.2) is 11.1 Å². The SMILES string of the molecule is Cc1[nH]ncc1S(=O)(=O)N[C@@H]1CCCC[C@H]1CN. The van der Waals surface area contributed by atoms with Crippen molar-refractivity contribution in [1.29, 1.82) is 0 Å². The van der Waals surface area contributed by atoms with E-state index in [1.165, 1.54) is 6.20 Å². The Hall–Kier alpha value is -0.920. The Morgan fingerprint density at radius 2 is 2.22 bits per heavy atom. The molecule has 7 heteroatoms. The molecule has 0 unspecified atom stereocenters. The molecule has 1 fully saturated rings. The lowest BCUT2D eigenvalue weighted by molar-refractivity contribution is 0.296. The number of sulfonamides is 1. The molecular weight excluding hydrogens is 252 g/mol. The minimum atomic E-state index is -3.49. The predicted octanol–water partition coefficient (Wildman–Crippen LogP) is 0.514. The van der Waals surface area contributed by atoms with Crippen molar-refractivity contribution in [2.75, 3.05) is 6.54 Å². The van der Waals surface area contributed by atoms with Crippen molar-refractivity contribution >= 4 is 10.0 Å². The van der Waals surface area contributed by atoms with Gasteiger partial charge in [-0.05, 0) is 32.2 Å². The Labute approximate surface area is 107 Å². The number of aryl methyl sites for hydroxylation is 1. The average Bonchev–Trinajstić information content (AvgIpc) is 2.76. The number of nitrogens with zero attached hydrogens (tertiary/aromatic N) is 1. The zero-order valence-electron chi connectivity index (χ0n) is 10.5. The standard InChI is InChI=1S/C11H20N4O2S/c1-8-11(7-13-14-8)18(16,17)15-10-5-3-2-4-9(10)6-12/h7,9-10,15H,2-6,12H2,1H3,(H,13,14)/t9-,10+/m0/s1. The molecular formula is C11H20N4O2S. The molecule has 1 aromatic heterocycles. The van der Waals surface area contributed by atoms with Gasteiger partial charge in [-0.2, -0.15) is 5.10 Å².